The van der Waals surface area contributed by atoms with E-state index in [1.54, 1.807) is 12.1 Å². The second-order valence-electron chi connectivity index (χ2n) is 8.27. The highest BCUT2D eigenvalue weighted by Crippen LogP contribution is 2.36. The van der Waals surface area contributed by atoms with Crippen LogP contribution >= 0.6 is 0 Å². The first kappa shape index (κ1) is 25.6. The number of benzene rings is 3. The van der Waals surface area contributed by atoms with Crippen LogP contribution in [0, 0.1) is 0 Å². The summed E-state index contributed by atoms with van der Waals surface area (Å²) in [6, 6.07) is 15.0. The van der Waals surface area contributed by atoms with Gasteiger partial charge in [0.2, 0.25) is 0 Å². The number of alkyl halides is 6. The summed E-state index contributed by atoms with van der Waals surface area (Å²) in [5, 5.41) is 3.22. The molecule has 190 valence electrons. The van der Waals surface area contributed by atoms with E-state index in [2.05, 4.69) is 5.32 Å². The van der Waals surface area contributed by atoms with E-state index in [1.165, 1.54) is 30.3 Å². The lowest BCUT2D eigenvalue weighted by Crippen LogP contribution is -2.20. The first-order valence-electron chi connectivity index (χ1n) is 11.2. The second kappa shape index (κ2) is 10.7. The SMILES string of the molecule is FC(F)(F)c1cccc(OCc2ccc(COc3ccccc3C(F)(F)F)cc2C2=CCNCC2)c1. The van der Waals surface area contributed by atoms with Gasteiger partial charge >= 0.3 is 12.4 Å². The van der Waals surface area contributed by atoms with Gasteiger partial charge in [-0.25, -0.2) is 0 Å². The zero-order valence-electron chi connectivity index (χ0n) is 19.0. The van der Waals surface area contributed by atoms with Gasteiger partial charge in [0.05, 0.1) is 11.1 Å². The quantitative estimate of drug-likeness (QED) is 0.342. The Balaban J connectivity index is 1.56. The molecule has 0 radical (unpaired) electrons. The van der Waals surface area contributed by atoms with E-state index in [0.717, 1.165) is 47.9 Å². The second-order valence-corrected chi connectivity index (χ2v) is 8.27. The molecular weight excluding hydrogens is 484 g/mol. The highest BCUT2D eigenvalue weighted by atomic mass is 19.4. The molecule has 1 N–H and O–H groups in total. The molecule has 0 atom stereocenters. The van der Waals surface area contributed by atoms with Crippen LogP contribution in [-0.2, 0) is 25.6 Å². The Labute approximate surface area is 204 Å². The minimum atomic E-state index is -4.54. The normalized spacial score (nSPS) is 14.3. The molecule has 1 aliphatic rings. The van der Waals surface area contributed by atoms with Gasteiger partial charge in [-0.3, -0.25) is 0 Å². The fourth-order valence-corrected chi connectivity index (χ4v) is 3.92. The molecule has 4 rings (SSSR count). The van der Waals surface area contributed by atoms with Crippen molar-refractivity contribution >= 4 is 5.57 Å². The molecule has 0 aromatic heterocycles. The van der Waals surface area contributed by atoms with Gasteiger partial charge in [-0.05, 0) is 71.6 Å². The molecule has 3 aromatic rings. The zero-order valence-corrected chi connectivity index (χ0v) is 19.0. The van der Waals surface area contributed by atoms with Gasteiger partial charge in [-0.1, -0.05) is 36.4 Å². The average Bonchev–Trinajstić information content (AvgIpc) is 2.86. The molecule has 3 nitrogen and oxygen atoms in total. The van der Waals surface area contributed by atoms with E-state index in [9.17, 15) is 26.3 Å². The molecule has 1 heterocycles. The van der Waals surface area contributed by atoms with E-state index < -0.39 is 23.5 Å². The lowest BCUT2D eigenvalue weighted by Gasteiger charge is -2.20. The van der Waals surface area contributed by atoms with Crippen LogP contribution in [0.5, 0.6) is 11.5 Å². The summed E-state index contributed by atoms with van der Waals surface area (Å²) in [7, 11) is 0. The van der Waals surface area contributed by atoms with Crippen molar-refractivity contribution in [1.29, 1.82) is 0 Å². The van der Waals surface area contributed by atoms with E-state index in [4.69, 9.17) is 9.47 Å². The van der Waals surface area contributed by atoms with Gasteiger partial charge in [0, 0.05) is 6.54 Å². The van der Waals surface area contributed by atoms with E-state index >= 15 is 0 Å². The number of ether oxygens (including phenoxy) is 2. The third-order valence-corrected chi connectivity index (χ3v) is 5.73. The number of para-hydroxylation sites is 1. The van der Waals surface area contributed by atoms with Gasteiger partial charge in [0.15, 0.2) is 0 Å². The summed E-state index contributed by atoms with van der Waals surface area (Å²) < 4.78 is 90.1. The van der Waals surface area contributed by atoms with Crippen LogP contribution in [0.15, 0.2) is 72.8 Å². The molecule has 9 heteroatoms. The molecular formula is C27H23F6NO2. The molecule has 0 spiro atoms. The molecule has 0 saturated carbocycles. The highest BCUT2D eigenvalue weighted by Gasteiger charge is 2.34. The first-order valence-corrected chi connectivity index (χ1v) is 11.2. The summed E-state index contributed by atoms with van der Waals surface area (Å²) in [6.45, 7) is 1.35. The number of hydrogen-bond acceptors (Lipinski definition) is 3. The topological polar surface area (TPSA) is 30.5 Å². The Morgan fingerprint density at radius 3 is 2.31 bits per heavy atom. The number of halogens is 6. The fourth-order valence-electron chi connectivity index (χ4n) is 3.92. The van der Waals surface area contributed by atoms with E-state index in [1.807, 2.05) is 12.1 Å². The average molecular weight is 507 g/mol. The highest BCUT2D eigenvalue weighted by molar-refractivity contribution is 5.70. The monoisotopic (exact) mass is 507 g/mol. The molecule has 0 saturated heterocycles. The lowest BCUT2D eigenvalue weighted by atomic mass is 9.94. The predicted octanol–water partition coefficient (Wildman–Crippen LogP) is 7.26. The van der Waals surface area contributed by atoms with Crippen molar-refractivity contribution in [2.24, 2.45) is 0 Å². The summed E-state index contributed by atoms with van der Waals surface area (Å²) in [5.74, 6) is -0.171. The first-order chi connectivity index (χ1) is 17.1. The lowest BCUT2D eigenvalue weighted by molar-refractivity contribution is -0.139. The van der Waals surface area contributed by atoms with Crippen LogP contribution < -0.4 is 14.8 Å². The van der Waals surface area contributed by atoms with Crippen molar-refractivity contribution in [1.82, 2.24) is 5.32 Å². The van der Waals surface area contributed by atoms with Crippen molar-refractivity contribution in [3.63, 3.8) is 0 Å². The van der Waals surface area contributed by atoms with Crippen LogP contribution in [-0.4, -0.2) is 13.1 Å². The molecule has 3 aromatic carbocycles. The number of nitrogens with one attached hydrogen (secondary N) is 1. The van der Waals surface area contributed by atoms with E-state index in [0.29, 0.717) is 12.1 Å². The van der Waals surface area contributed by atoms with Crippen molar-refractivity contribution in [2.75, 3.05) is 13.1 Å². The minimum Gasteiger partial charge on any atom is -0.489 e. The summed E-state index contributed by atoms with van der Waals surface area (Å²) in [6.07, 6.45) is -6.28. The molecule has 0 amide bonds. The summed E-state index contributed by atoms with van der Waals surface area (Å²) >= 11 is 0. The molecule has 1 aliphatic heterocycles. The Morgan fingerprint density at radius 2 is 1.58 bits per heavy atom. The Bertz CT molecular complexity index is 1230. The predicted molar refractivity (Wildman–Crippen MR) is 123 cm³/mol. The van der Waals surface area contributed by atoms with Crippen LogP contribution in [0.3, 0.4) is 0 Å². The van der Waals surface area contributed by atoms with Crippen LogP contribution in [0.2, 0.25) is 0 Å². The third-order valence-electron chi connectivity index (χ3n) is 5.73. The van der Waals surface area contributed by atoms with Gasteiger partial charge in [-0.2, -0.15) is 26.3 Å². The van der Waals surface area contributed by atoms with Gasteiger partial charge < -0.3 is 14.8 Å². The molecule has 0 aliphatic carbocycles. The van der Waals surface area contributed by atoms with Crippen LogP contribution in [0.1, 0.15) is 34.2 Å². The maximum Gasteiger partial charge on any atom is 0.419 e. The van der Waals surface area contributed by atoms with Gasteiger partial charge in [-0.15, -0.1) is 0 Å². The van der Waals surface area contributed by atoms with Crippen molar-refractivity contribution < 1.29 is 35.8 Å². The number of rotatable bonds is 7. The molecule has 0 bridgehead atoms. The maximum atomic E-state index is 13.3. The zero-order chi connectivity index (χ0) is 25.8. The van der Waals surface area contributed by atoms with Crippen molar-refractivity contribution in [3.8, 4) is 11.5 Å². The summed E-state index contributed by atoms with van der Waals surface area (Å²) in [5.41, 5.74) is 1.61. The van der Waals surface area contributed by atoms with Gasteiger partial charge in [0.1, 0.15) is 24.7 Å². The van der Waals surface area contributed by atoms with Crippen LogP contribution in [0.4, 0.5) is 26.3 Å². The Morgan fingerprint density at radius 1 is 0.778 bits per heavy atom. The maximum absolute atomic E-state index is 13.3. The Hall–Kier alpha value is -3.46. The van der Waals surface area contributed by atoms with E-state index in [-0.39, 0.29) is 24.7 Å². The molecule has 0 unspecified atom stereocenters. The van der Waals surface area contributed by atoms with Gasteiger partial charge in [0.25, 0.3) is 0 Å². The largest absolute Gasteiger partial charge is 0.489 e. The fraction of sp³-hybridized carbons (Fsp3) is 0.259. The van der Waals surface area contributed by atoms with Crippen LogP contribution in [0.25, 0.3) is 5.57 Å². The third kappa shape index (κ3) is 6.40. The summed E-state index contributed by atoms with van der Waals surface area (Å²) in [4.78, 5) is 0. The number of hydrogen-bond donors (Lipinski definition) is 1. The Kier molecular flexibility index (Phi) is 7.59. The van der Waals surface area contributed by atoms with Crippen molar-refractivity contribution in [3.05, 3.63) is 101 Å². The molecule has 36 heavy (non-hydrogen) atoms. The standard InChI is InChI=1S/C27H23F6NO2/c28-26(29,30)21-4-3-5-22(15-21)35-17-20-9-8-18(14-23(20)19-10-12-34-13-11-19)16-36-25-7-2-1-6-24(25)27(31,32)33/h1-10,14-15,34H,11-13,16-17H2. The smallest absolute Gasteiger partial charge is 0.419 e. The molecule has 0 fully saturated rings. The minimum absolute atomic E-state index is 0.0272. The van der Waals surface area contributed by atoms with Crippen molar-refractivity contribution in [2.45, 2.75) is 32.0 Å².